The van der Waals surface area contributed by atoms with Gasteiger partial charge in [-0.25, -0.2) is 0 Å². The molecule has 1 saturated heterocycles. The Bertz CT molecular complexity index is 280. The summed E-state index contributed by atoms with van der Waals surface area (Å²) in [4.78, 5) is 2.06. The van der Waals surface area contributed by atoms with Gasteiger partial charge in [-0.05, 0) is 12.8 Å². The highest BCUT2D eigenvalue weighted by Gasteiger charge is 2.21. The molecule has 1 fully saturated rings. The second-order valence-electron chi connectivity index (χ2n) is 2.88. The highest BCUT2D eigenvalue weighted by Crippen LogP contribution is 2.32. The Morgan fingerprint density at radius 3 is 2.58 bits per heavy atom. The van der Waals surface area contributed by atoms with Gasteiger partial charge in [0.1, 0.15) is 5.02 Å². The van der Waals surface area contributed by atoms with E-state index in [1.807, 2.05) is 0 Å². The average molecular weight is 188 g/mol. The zero-order valence-corrected chi connectivity index (χ0v) is 7.34. The predicted octanol–water partition coefficient (Wildman–Crippen LogP) is 1.51. The maximum atomic E-state index is 5.87. The lowest BCUT2D eigenvalue weighted by molar-refractivity contribution is 0.423. The molecule has 66 valence electrons. The molecule has 0 aliphatic carbocycles. The van der Waals surface area contributed by atoms with Gasteiger partial charge in [-0.15, -0.1) is 0 Å². The molecule has 1 aromatic heterocycles. The average Bonchev–Trinajstić information content (AvgIpc) is 2.64. The van der Waals surface area contributed by atoms with E-state index in [9.17, 15) is 0 Å². The molecule has 0 atom stereocenters. The molecule has 0 saturated carbocycles. The van der Waals surface area contributed by atoms with E-state index >= 15 is 0 Å². The number of nitrogen functional groups attached to an aromatic ring is 1. The summed E-state index contributed by atoms with van der Waals surface area (Å²) in [6, 6.07) is 0. The van der Waals surface area contributed by atoms with Crippen LogP contribution in [0.25, 0.3) is 0 Å². The lowest BCUT2D eigenvalue weighted by Gasteiger charge is -2.11. The van der Waals surface area contributed by atoms with Gasteiger partial charge in [0.15, 0.2) is 5.82 Å². The van der Waals surface area contributed by atoms with Gasteiger partial charge < -0.3 is 15.2 Å². The number of rotatable bonds is 1. The summed E-state index contributed by atoms with van der Waals surface area (Å²) < 4.78 is 5.00. The minimum Gasteiger partial charge on any atom is -0.380 e. The van der Waals surface area contributed by atoms with Gasteiger partial charge in [0.25, 0.3) is 0 Å². The van der Waals surface area contributed by atoms with Crippen LogP contribution in [-0.4, -0.2) is 18.2 Å². The second kappa shape index (κ2) is 2.86. The fourth-order valence-corrected chi connectivity index (χ4v) is 1.59. The van der Waals surface area contributed by atoms with E-state index in [2.05, 4.69) is 10.1 Å². The van der Waals surface area contributed by atoms with Crippen LogP contribution in [0.4, 0.5) is 11.7 Å². The summed E-state index contributed by atoms with van der Waals surface area (Å²) >= 11 is 5.87. The van der Waals surface area contributed by atoms with Gasteiger partial charge >= 0.3 is 0 Å². The van der Waals surface area contributed by atoms with Crippen LogP contribution in [0.3, 0.4) is 0 Å². The van der Waals surface area contributed by atoms with E-state index in [1.165, 1.54) is 12.8 Å². The molecule has 0 bridgehead atoms. The quantitative estimate of drug-likeness (QED) is 0.724. The fourth-order valence-electron chi connectivity index (χ4n) is 1.40. The number of anilines is 2. The van der Waals surface area contributed by atoms with Crippen LogP contribution in [0.5, 0.6) is 0 Å². The monoisotopic (exact) mass is 187 g/mol. The minimum absolute atomic E-state index is 0.276. The van der Waals surface area contributed by atoms with Gasteiger partial charge in [-0.2, -0.15) is 0 Å². The van der Waals surface area contributed by atoms with Crippen molar-refractivity contribution in [3.05, 3.63) is 5.02 Å². The standard InChI is InChI=1S/C7H10ClN3O/c8-5-6(9)10-12-7(5)11-3-1-2-4-11/h1-4H2,(H2,9,10). The van der Waals surface area contributed by atoms with E-state index in [4.69, 9.17) is 21.9 Å². The molecule has 1 aromatic rings. The van der Waals surface area contributed by atoms with E-state index in [0.29, 0.717) is 10.9 Å². The first-order valence-electron chi connectivity index (χ1n) is 3.94. The smallest absolute Gasteiger partial charge is 0.248 e. The third-order valence-electron chi connectivity index (χ3n) is 2.04. The van der Waals surface area contributed by atoms with Crippen LogP contribution in [0.15, 0.2) is 4.52 Å². The van der Waals surface area contributed by atoms with Gasteiger partial charge in [-0.3, -0.25) is 0 Å². The summed E-state index contributed by atoms with van der Waals surface area (Å²) in [7, 11) is 0. The summed E-state index contributed by atoms with van der Waals surface area (Å²) in [5, 5.41) is 4.03. The van der Waals surface area contributed by atoms with E-state index in [0.717, 1.165) is 13.1 Å². The van der Waals surface area contributed by atoms with Crippen LogP contribution >= 0.6 is 11.6 Å². The summed E-state index contributed by atoms with van der Waals surface area (Å²) in [5.74, 6) is 0.894. The van der Waals surface area contributed by atoms with Crippen LogP contribution in [0.2, 0.25) is 5.02 Å². The third kappa shape index (κ3) is 1.12. The molecule has 0 spiro atoms. The molecule has 4 nitrogen and oxygen atoms in total. The topological polar surface area (TPSA) is 55.3 Å². The molecule has 0 aromatic carbocycles. The molecule has 1 aliphatic heterocycles. The van der Waals surface area contributed by atoms with Crippen molar-refractivity contribution in [2.24, 2.45) is 0 Å². The lowest BCUT2D eigenvalue weighted by atomic mass is 10.4. The first-order valence-corrected chi connectivity index (χ1v) is 4.32. The Morgan fingerprint density at radius 1 is 1.42 bits per heavy atom. The molecule has 2 rings (SSSR count). The highest BCUT2D eigenvalue weighted by molar-refractivity contribution is 6.35. The molecular weight excluding hydrogens is 178 g/mol. The fraction of sp³-hybridized carbons (Fsp3) is 0.571. The van der Waals surface area contributed by atoms with Crippen molar-refractivity contribution in [1.29, 1.82) is 0 Å². The maximum absolute atomic E-state index is 5.87. The molecule has 1 aliphatic rings. The highest BCUT2D eigenvalue weighted by atomic mass is 35.5. The van der Waals surface area contributed by atoms with Crippen molar-refractivity contribution in [1.82, 2.24) is 5.16 Å². The second-order valence-corrected chi connectivity index (χ2v) is 3.26. The first-order chi connectivity index (χ1) is 5.79. The molecule has 5 heteroatoms. The number of aromatic nitrogens is 1. The number of hydrogen-bond acceptors (Lipinski definition) is 4. The molecule has 0 unspecified atom stereocenters. The molecule has 12 heavy (non-hydrogen) atoms. The van der Waals surface area contributed by atoms with Crippen LogP contribution in [0, 0.1) is 0 Å². The van der Waals surface area contributed by atoms with Gasteiger partial charge in [-0.1, -0.05) is 16.8 Å². The molecule has 2 heterocycles. The van der Waals surface area contributed by atoms with Gasteiger partial charge in [0, 0.05) is 13.1 Å². The van der Waals surface area contributed by atoms with E-state index < -0.39 is 0 Å². The first kappa shape index (κ1) is 7.73. The Morgan fingerprint density at radius 2 is 2.08 bits per heavy atom. The Labute approximate surface area is 75.3 Å². The number of nitrogens with two attached hydrogens (primary N) is 1. The van der Waals surface area contributed by atoms with Crippen molar-refractivity contribution in [2.75, 3.05) is 23.7 Å². The van der Waals surface area contributed by atoms with Crippen molar-refractivity contribution < 1.29 is 4.52 Å². The lowest BCUT2D eigenvalue weighted by Crippen LogP contribution is -2.17. The van der Waals surface area contributed by atoms with Crippen molar-refractivity contribution in [3.8, 4) is 0 Å². The molecular formula is C7H10ClN3O. The van der Waals surface area contributed by atoms with E-state index in [1.54, 1.807) is 0 Å². The van der Waals surface area contributed by atoms with E-state index in [-0.39, 0.29) is 5.82 Å². The summed E-state index contributed by atoms with van der Waals surface area (Å²) in [5.41, 5.74) is 5.44. The van der Waals surface area contributed by atoms with Gasteiger partial charge in [0.2, 0.25) is 5.88 Å². The van der Waals surface area contributed by atoms with Gasteiger partial charge in [0.05, 0.1) is 0 Å². The Balaban J connectivity index is 2.26. The van der Waals surface area contributed by atoms with Crippen LogP contribution in [-0.2, 0) is 0 Å². The number of halogens is 1. The number of hydrogen-bond donors (Lipinski definition) is 1. The largest absolute Gasteiger partial charge is 0.380 e. The zero-order chi connectivity index (χ0) is 8.55. The summed E-state index contributed by atoms with van der Waals surface area (Å²) in [6.45, 7) is 1.96. The summed E-state index contributed by atoms with van der Waals surface area (Å²) in [6.07, 6.45) is 2.36. The number of nitrogens with zero attached hydrogens (tertiary/aromatic N) is 2. The predicted molar refractivity (Wildman–Crippen MR) is 47.4 cm³/mol. The maximum Gasteiger partial charge on any atom is 0.248 e. The normalized spacial score (nSPS) is 17.2. The van der Waals surface area contributed by atoms with Crippen molar-refractivity contribution >= 4 is 23.3 Å². The molecule has 0 radical (unpaired) electrons. The molecule has 2 N–H and O–H groups in total. The SMILES string of the molecule is Nc1noc(N2CCCC2)c1Cl. The van der Waals surface area contributed by atoms with Crippen LogP contribution in [0.1, 0.15) is 12.8 Å². The van der Waals surface area contributed by atoms with Crippen molar-refractivity contribution in [2.45, 2.75) is 12.8 Å². The molecule has 0 amide bonds. The van der Waals surface area contributed by atoms with Crippen molar-refractivity contribution in [3.63, 3.8) is 0 Å². The third-order valence-corrected chi connectivity index (χ3v) is 2.39. The Hall–Kier alpha value is -0.900. The van der Waals surface area contributed by atoms with Crippen LogP contribution < -0.4 is 10.6 Å². The Kier molecular flexibility index (Phi) is 1.84. The minimum atomic E-state index is 0.276. The zero-order valence-electron chi connectivity index (χ0n) is 6.59.